The summed E-state index contributed by atoms with van der Waals surface area (Å²) in [6, 6.07) is 16.7. The Balaban J connectivity index is 1.16. The molecule has 0 saturated heterocycles. The Morgan fingerprint density at radius 3 is 2.10 bits per heavy atom. The second-order valence-electron chi connectivity index (χ2n) is 11.8. The van der Waals surface area contributed by atoms with E-state index in [0.717, 1.165) is 46.5 Å². The molecule has 4 rings (SSSR count). The summed E-state index contributed by atoms with van der Waals surface area (Å²) in [7, 11) is 0. The van der Waals surface area contributed by atoms with E-state index < -0.39 is 0 Å². The lowest BCUT2D eigenvalue weighted by Crippen LogP contribution is -2.14. The fraction of sp³-hybridized carbons (Fsp3) is 0.556. The second-order valence-corrected chi connectivity index (χ2v) is 12.8. The van der Waals surface area contributed by atoms with Crippen LogP contribution >= 0.6 is 11.3 Å². The number of hydrogen-bond acceptors (Lipinski definition) is 4. The van der Waals surface area contributed by atoms with E-state index in [9.17, 15) is 4.79 Å². The normalized spacial score (nSPS) is 17.1. The summed E-state index contributed by atoms with van der Waals surface area (Å²) in [5.74, 6) is 2.34. The number of esters is 1. The molecule has 1 heterocycles. The zero-order valence-corrected chi connectivity index (χ0v) is 25.7. The van der Waals surface area contributed by atoms with E-state index in [1.807, 2.05) is 30.5 Å². The van der Waals surface area contributed by atoms with Gasteiger partial charge in [-0.3, -0.25) is 4.79 Å². The van der Waals surface area contributed by atoms with E-state index in [1.165, 1.54) is 88.2 Å². The lowest BCUT2D eigenvalue weighted by molar-refractivity contribution is -0.134. The van der Waals surface area contributed by atoms with Gasteiger partial charge in [0, 0.05) is 18.2 Å². The predicted octanol–water partition coefficient (Wildman–Crippen LogP) is 11.1. The first-order valence-electron chi connectivity index (χ1n) is 16.0. The van der Waals surface area contributed by atoms with Gasteiger partial charge in [-0.2, -0.15) is 0 Å². The molecule has 1 fully saturated rings. The van der Waals surface area contributed by atoms with Gasteiger partial charge in [-0.1, -0.05) is 115 Å². The Labute approximate surface area is 246 Å². The molecule has 40 heavy (non-hydrogen) atoms. The van der Waals surface area contributed by atoms with Crippen LogP contribution in [0.3, 0.4) is 0 Å². The van der Waals surface area contributed by atoms with E-state index in [2.05, 4.69) is 43.1 Å². The summed E-state index contributed by atoms with van der Waals surface area (Å²) in [5, 5.41) is 1.03. The molecular weight excluding hydrogens is 510 g/mol. The summed E-state index contributed by atoms with van der Waals surface area (Å²) in [6.07, 6.45) is 21.8. The number of unbranched alkanes of at least 4 members (excludes halogenated alkanes) is 5. The van der Waals surface area contributed by atoms with Crippen molar-refractivity contribution in [3.63, 3.8) is 0 Å². The zero-order chi connectivity index (χ0) is 28.0. The summed E-state index contributed by atoms with van der Waals surface area (Å²) < 4.78 is 5.62. The van der Waals surface area contributed by atoms with Crippen molar-refractivity contribution in [1.29, 1.82) is 0 Å². The third-order valence-corrected chi connectivity index (χ3v) is 9.67. The van der Waals surface area contributed by atoms with E-state index >= 15 is 0 Å². The highest BCUT2D eigenvalue weighted by Gasteiger charge is 2.20. The van der Waals surface area contributed by atoms with E-state index in [0.29, 0.717) is 12.2 Å². The number of hydrogen-bond donors (Lipinski definition) is 0. The average molecular weight is 560 g/mol. The number of carbonyl (C=O) groups excluding carboxylic acids is 1. The molecule has 0 spiro atoms. The number of aromatic nitrogens is 1. The molecule has 216 valence electrons. The van der Waals surface area contributed by atoms with Gasteiger partial charge in [0.05, 0.1) is 4.88 Å². The summed E-state index contributed by atoms with van der Waals surface area (Å²) in [6.45, 7) is 4.54. The Kier molecular flexibility index (Phi) is 12.7. The van der Waals surface area contributed by atoms with Crippen LogP contribution in [-0.2, 0) is 11.2 Å². The maximum absolute atomic E-state index is 12.4. The number of ether oxygens (including phenoxy) is 1. The molecule has 1 saturated carbocycles. The monoisotopic (exact) mass is 559 g/mol. The van der Waals surface area contributed by atoms with Crippen LogP contribution in [0.4, 0.5) is 0 Å². The molecule has 3 aromatic rings. The van der Waals surface area contributed by atoms with Crippen molar-refractivity contribution in [3.8, 4) is 26.8 Å². The Morgan fingerprint density at radius 1 is 0.775 bits per heavy atom. The smallest absolute Gasteiger partial charge is 0.311 e. The number of carbonyl (C=O) groups is 1. The van der Waals surface area contributed by atoms with Crippen LogP contribution in [0.5, 0.6) is 5.75 Å². The minimum absolute atomic E-state index is 0.120. The van der Waals surface area contributed by atoms with Crippen molar-refractivity contribution in [2.45, 2.75) is 117 Å². The highest BCUT2D eigenvalue weighted by molar-refractivity contribution is 7.18. The van der Waals surface area contributed by atoms with Crippen LogP contribution in [-0.4, -0.2) is 11.0 Å². The molecular formula is C36H49NO2S. The van der Waals surface area contributed by atoms with Crippen LogP contribution in [0.15, 0.2) is 54.7 Å². The van der Waals surface area contributed by atoms with E-state index in [1.54, 1.807) is 11.3 Å². The predicted molar refractivity (Wildman–Crippen MR) is 170 cm³/mol. The highest BCUT2D eigenvalue weighted by Crippen LogP contribution is 2.35. The largest absolute Gasteiger partial charge is 0.427 e. The highest BCUT2D eigenvalue weighted by atomic mass is 32.1. The topological polar surface area (TPSA) is 39.2 Å². The number of nitrogens with zero attached hydrogens (tertiary/aromatic N) is 1. The lowest BCUT2D eigenvalue weighted by atomic mass is 9.78. The van der Waals surface area contributed by atoms with Crippen molar-refractivity contribution in [2.24, 2.45) is 11.8 Å². The van der Waals surface area contributed by atoms with Crippen LogP contribution in [0.1, 0.15) is 116 Å². The molecule has 4 heteroatoms. The molecule has 0 aliphatic heterocycles. The van der Waals surface area contributed by atoms with Gasteiger partial charge in [-0.15, -0.1) is 11.3 Å². The molecule has 0 atom stereocenters. The standard InChI is InChI=1S/C36H49NO2S/c1-3-5-7-8-12-30-19-21-32(22-20-30)36-37-27-34(40-36)31-23-25-33(26-24-31)39-35(38)14-10-9-13-29-17-15-28(16-18-29)11-6-4-2/h19-29H,3-18H2,1-2H3. The van der Waals surface area contributed by atoms with Gasteiger partial charge in [0.25, 0.3) is 0 Å². The fourth-order valence-corrected chi connectivity index (χ4v) is 6.91. The lowest BCUT2D eigenvalue weighted by Gasteiger charge is -2.28. The SMILES string of the molecule is CCCCCCc1ccc(-c2ncc(-c3ccc(OC(=O)CCCCC4CCC(CCCC)CC4)cc3)s2)cc1. The first-order valence-corrected chi connectivity index (χ1v) is 16.8. The van der Waals surface area contributed by atoms with Gasteiger partial charge >= 0.3 is 5.97 Å². The van der Waals surface area contributed by atoms with Crippen LogP contribution in [0, 0.1) is 11.8 Å². The molecule has 3 nitrogen and oxygen atoms in total. The van der Waals surface area contributed by atoms with Gasteiger partial charge in [0.15, 0.2) is 0 Å². The van der Waals surface area contributed by atoms with Crippen molar-refractivity contribution in [3.05, 3.63) is 60.3 Å². The number of thiazole rings is 1. The molecule has 0 bridgehead atoms. The van der Waals surface area contributed by atoms with Crippen molar-refractivity contribution >= 4 is 17.3 Å². The van der Waals surface area contributed by atoms with Crippen LogP contribution < -0.4 is 4.74 Å². The number of aryl methyl sites for hydroxylation is 1. The van der Waals surface area contributed by atoms with Gasteiger partial charge in [0.1, 0.15) is 10.8 Å². The Morgan fingerprint density at radius 2 is 1.43 bits per heavy atom. The van der Waals surface area contributed by atoms with Gasteiger partial charge in [-0.05, 0) is 66.5 Å². The first-order chi connectivity index (χ1) is 19.6. The summed E-state index contributed by atoms with van der Waals surface area (Å²) >= 11 is 1.70. The van der Waals surface area contributed by atoms with Crippen LogP contribution in [0.2, 0.25) is 0 Å². The first kappa shape index (κ1) is 30.5. The fourth-order valence-electron chi connectivity index (χ4n) is 5.98. The molecule has 0 amide bonds. The molecule has 0 radical (unpaired) electrons. The quantitative estimate of drug-likeness (QED) is 0.0995. The van der Waals surface area contributed by atoms with Gasteiger partial charge in [0.2, 0.25) is 0 Å². The number of rotatable bonds is 16. The van der Waals surface area contributed by atoms with E-state index in [-0.39, 0.29) is 5.97 Å². The molecule has 0 unspecified atom stereocenters. The Hall–Kier alpha value is -2.46. The number of benzene rings is 2. The zero-order valence-electron chi connectivity index (χ0n) is 24.8. The third-order valence-electron chi connectivity index (χ3n) is 8.57. The van der Waals surface area contributed by atoms with Crippen molar-refractivity contribution in [2.75, 3.05) is 0 Å². The second kappa shape index (κ2) is 16.7. The third kappa shape index (κ3) is 9.87. The molecule has 0 N–H and O–H groups in total. The minimum Gasteiger partial charge on any atom is -0.427 e. The van der Waals surface area contributed by atoms with Gasteiger partial charge < -0.3 is 4.74 Å². The minimum atomic E-state index is -0.120. The van der Waals surface area contributed by atoms with Crippen LogP contribution in [0.25, 0.3) is 21.0 Å². The molecule has 1 aliphatic carbocycles. The Bertz CT molecular complexity index is 1130. The van der Waals surface area contributed by atoms with Crippen molar-refractivity contribution in [1.82, 2.24) is 4.98 Å². The summed E-state index contributed by atoms with van der Waals surface area (Å²) in [5.41, 5.74) is 3.67. The van der Waals surface area contributed by atoms with Crippen molar-refractivity contribution < 1.29 is 9.53 Å². The maximum atomic E-state index is 12.4. The molecule has 2 aromatic carbocycles. The maximum Gasteiger partial charge on any atom is 0.311 e. The summed E-state index contributed by atoms with van der Waals surface area (Å²) in [4.78, 5) is 18.2. The van der Waals surface area contributed by atoms with Gasteiger partial charge in [-0.25, -0.2) is 4.98 Å². The molecule has 1 aliphatic rings. The average Bonchev–Trinajstić information content (AvgIpc) is 3.48. The molecule has 1 aromatic heterocycles. The van der Waals surface area contributed by atoms with E-state index in [4.69, 9.17) is 4.74 Å².